The second-order valence-corrected chi connectivity index (χ2v) is 6.42. The Morgan fingerprint density at radius 1 is 0.964 bits per heavy atom. The molecule has 0 bridgehead atoms. The second-order valence-electron chi connectivity index (χ2n) is 6.42. The number of Topliss-reactive ketones (excluding diaryl/α,β-unsaturated/α-hetero) is 1. The van der Waals surface area contributed by atoms with Crippen molar-refractivity contribution in [2.75, 3.05) is 40.6 Å². The Kier molecular flexibility index (Phi) is 14.9. The third-order valence-electron chi connectivity index (χ3n) is 4.38. The quantitative estimate of drug-likeness (QED) is 0.274. The highest BCUT2D eigenvalue weighted by Crippen LogP contribution is 2.20. The van der Waals surface area contributed by atoms with Crippen molar-refractivity contribution in [1.82, 2.24) is 5.32 Å². The Morgan fingerprint density at radius 2 is 1.64 bits per heavy atom. The third kappa shape index (κ3) is 12.4. The summed E-state index contributed by atoms with van der Waals surface area (Å²) >= 11 is 0. The van der Waals surface area contributed by atoms with E-state index in [1.165, 1.54) is 7.11 Å². The van der Waals surface area contributed by atoms with Crippen LogP contribution in [0, 0.1) is 11.8 Å². The van der Waals surface area contributed by atoms with Crippen molar-refractivity contribution in [2.24, 2.45) is 11.8 Å². The van der Waals surface area contributed by atoms with Crippen molar-refractivity contribution in [3.8, 4) is 0 Å². The summed E-state index contributed by atoms with van der Waals surface area (Å²) in [5.41, 5.74) is 0. The number of ketones is 1. The zero-order chi connectivity index (χ0) is 21.4. The SMILES string of the molecule is CC[C@@H](CCC(=O)OC)C(=O)C[C@@H](CCC(=O)O)C(=O)NCCOCCOC. The molecule has 0 spiro atoms. The maximum atomic E-state index is 12.6. The smallest absolute Gasteiger partial charge is 0.305 e. The van der Waals surface area contributed by atoms with E-state index in [1.54, 1.807) is 7.11 Å². The molecule has 28 heavy (non-hydrogen) atoms. The van der Waals surface area contributed by atoms with Gasteiger partial charge in [0, 0.05) is 44.8 Å². The van der Waals surface area contributed by atoms with E-state index in [4.69, 9.17) is 14.6 Å². The van der Waals surface area contributed by atoms with Gasteiger partial charge in [-0.05, 0) is 19.3 Å². The molecule has 0 saturated heterocycles. The number of nitrogens with one attached hydrogen (secondary N) is 1. The standard InChI is InChI=1S/C19H33NO8/c1-4-14(6-8-18(24)27-3)16(21)13-15(5-7-17(22)23)19(25)20-9-10-28-12-11-26-2/h14-15H,4-13H2,1-3H3,(H,20,25)(H,22,23)/t14-,15+/m0/s1. The van der Waals surface area contributed by atoms with Crippen LogP contribution in [0.3, 0.4) is 0 Å². The lowest BCUT2D eigenvalue weighted by molar-refractivity contribution is -0.142. The highest BCUT2D eigenvalue weighted by atomic mass is 16.5. The molecule has 162 valence electrons. The minimum Gasteiger partial charge on any atom is -0.481 e. The Balaban J connectivity index is 4.65. The van der Waals surface area contributed by atoms with Crippen LogP contribution in [0.15, 0.2) is 0 Å². The fourth-order valence-electron chi connectivity index (χ4n) is 2.66. The van der Waals surface area contributed by atoms with Crippen LogP contribution in [-0.2, 0) is 33.4 Å². The number of carboxylic acids is 1. The van der Waals surface area contributed by atoms with Crippen LogP contribution in [0.2, 0.25) is 0 Å². The first-order valence-electron chi connectivity index (χ1n) is 9.51. The maximum Gasteiger partial charge on any atom is 0.305 e. The lowest BCUT2D eigenvalue weighted by Crippen LogP contribution is -2.35. The van der Waals surface area contributed by atoms with Crippen LogP contribution in [0.1, 0.15) is 45.4 Å². The number of hydrogen-bond acceptors (Lipinski definition) is 7. The molecule has 0 unspecified atom stereocenters. The van der Waals surface area contributed by atoms with Crippen molar-refractivity contribution >= 4 is 23.6 Å². The summed E-state index contributed by atoms with van der Waals surface area (Å²) in [6.07, 6.45) is 0.841. The van der Waals surface area contributed by atoms with Crippen molar-refractivity contribution in [1.29, 1.82) is 0 Å². The number of ether oxygens (including phenoxy) is 3. The van der Waals surface area contributed by atoms with Crippen LogP contribution in [0.5, 0.6) is 0 Å². The highest BCUT2D eigenvalue weighted by molar-refractivity contribution is 5.88. The molecule has 0 aliphatic rings. The van der Waals surface area contributed by atoms with Gasteiger partial charge < -0.3 is 24.6 Å². The molecule has 0 aromatic rings. The van der Waals surface area contributed by atoms with Gasteiger partial charge in [0.25, 0.3) is 0 Å². The van der Waals surface area contributed by atoms with Gasteiger partial charge in [0.2, 0.25) is 5.91 Å². The van der Waals surface area contributed by atoms with Gasteiger partial charge >= 0.3 is 11.9 Å². The minimum atomic E-state index is -1.02. The summed E-state index contributed by atoms with van der Waals surface area (Å²) in [6, 6.07) is 0. The van der Waals surface area contributed by atoms with Crippen molar-refractivity contribution < 1.29 is 38.5 Å². The number of hydrogen-bond donors (Lipinski definition) is 2. The van der Waals surface area contributed by atoms with Gasteiger partial charge in [-0.25, -0.2) is 0 Å². The molecule has 0 radical (unpaired) electrons. The van der Waals surface area contributed by atoms with Gasteiger partial charge in [0.15, 0.2) is 0 Å². The van der Waals surface area contributed by atoms with Gasteiger partial charge in [-0.3, -0.25) is 19.2 Å². The molecule has 0 fully saturated rings. The molecule has 0 aromatic heterocycles. The van der Waals surface area contributed by atoms with Crippen molar-refractivity contribution in [3.63, 3.8) is 0 Å². The Morgan fingerprint density at radius 3 is 2.21 bits per heavy atom. The predicted octanol–water partition coefficient (Wildman–Crippen LogP) is 1.19. The van der Waals surface area contributed by atoms with Gasteiger partial charge in [-0.1, -0.05) is 6.92 Å². The number of esters is 1. The topological polar surface area (TPSA) is 128 Å². The second kappa shape index (κ2) is 16.0. The average molecular weight is 403 g/mol. The molecule has 0 aromatic carbocycles. The molecule has 9 nitrogen and oxygen atoms in total. The summed E-state index contributed by atoms with van der Waals surface area (Å²) in [5, 5.41) is 11.6. The van der Waals surface area contributed by atoms with Crippen LogP contribution >= 0.6 is 0 Å². The average Bonchev–Trinajstić information content (AvgIpc) is 2.67. The molecule has 1 amide bonds. The molecule has 2 N–H and O–H groups in total. The van der Waals surface area contributed by atoms with E-state index in [-0.39, 0.29) is 55.8 Å². The van der Waals surface area contributed by atoms with Gasteiger partial charge in [-0.15, -0.1) is 0 Å². The summed E-state index contributed by atoms with van der Waals surface area (Å²) < 4.78 is 14.7. The molecular weight excluding hydrogens is 370 g/mol. The molecular formula is C19H33NO8. The summed E-state index contributed by atoms with van der Waals surface area (Å²) in [7, 11) is 2.85. The number of aliphatic carboxylic acids is 1. The van der Waals surface area contributed by atoms with Crippen LogP contribution in [-0.4, -0.2) is 69.3 Å². The van der Waals surface area contributed by atoms with Gasteiger partial charge in [0.05, 0.1) is 26.9 Å². The Bertz CT molecular complexity index is 494. The number of carboxylic acid groups (broad SMARTS) is 1. The summed E-state index contributed by atoms with van der Waals surface area (Å²) in [6.45, 7) is 3.26. The lowest BCUT2D eigenvalue weighted by Gasteiger charge is -2.19. The number of methoxy groups -OCH3 is 2. The third-order valence-corrected chi connectivity index (χ3v) is 4.38. The van der Waals surface area contributed by atoms with Gasteiger partial charge in [-0.2, -0.15) is 0 Å². The first kappa shape index (κ1) is 26.0. The monoisotopic (exact) mass is 403 g/mol. The van der Waals surface area contributed by atoms with Gasteiger partial charge in [0.1, 0.15) is 5.78 Å². The maximum absolute atomic E-state index is 12.6. The van der Waals surface area contributed by atoms with E-state index in [0.717, 1.165) is 0 Å². The molecule has 2 atom stereocenters. The number of amides is 1. The highest BCUT2D eigenvalue weighted by Gasteiger charge is 2.26. The fourth-order valence-corrected chi connectivity index (χ4v) is 2.66. The van der Waals surface area contributed by atoms with E-state index in [1.807, 2.05) is 6.92 Å². The van der Waals surface area contributed by atoms with E-state index in [0.29, 0.717) is 32.7 Å². The van der Waals surface area contributed by atoms with Crippen LogP contribution in [0.4, 0.5) is 0 Å². The molecule has 0 rings (SSSR count). The first-order chi connectivity index (χ1) is 13.3. The minimum absolute atomic E-state index is 0.0523. The van der Waals surface area contributed by atoms with Crippen molar-refractivity contribution in [3.05, 3.63) is 0 Å². The lowest BCUT2D eigenvalue weighted by atomic mass is 9.87. The first-order valence-corrected chi connectivity index (χ1v) is 9.51. The zero-order valence-electron chi connectivity index (χ0n) is 17.0. The molecule has 0 aliphatic carbocycles. The van der Waals surface area contributed by atoms with E-state index < -0.39 is 11.9 Å². The van der Waals surface area contributed by atoms with E-state index >= 15 is 0 Å². The normalized spacial score (nSPS) is 12.8. The van der Waals surface area contributed by atoms with E-state index in [9.17, 15) is 19.2 Å². The predicted molar refractivity (Wildman–Crippen MR) is 101 cm³/mol. The molecule has 0 aliphatic heterocycles. The number of carbonyl (C=O) groups is 4. The number of rotatable bonds is 17. The summed E-state index contributed by atoms with van der Waals surface area (Å²) in [5.74, 6) is -3.02. The Labute approximate surface area is 166 Å². The van der Waals surface area contributed by atoms with Crippen molar-refractivity contribution in [2.45, 2.75) is 45.4 Å². The van der Waals surface area contributed by atoms with Crippen LogP contribution < -0.4 is 5.32 Å². The summed E-state index contributed by atoms with van der Waals surface area (Å²) in [4.78, 5) is 47.1. The fraction of sp³-hybridized carbons (Fsp3) is 0.789. The molecule has 0 heterocycles. The van der Waals surface area contributed by atoms with E-state index in [2.05, 4.69) is 10.1 Å². The number of carbonyl (C=O) groups excluding carboxylic acids is 3. The molecule has 0 saturated carbocycles. The zero-order valence-corrected chi connectivity index (χ0v) is 17.0. The Hall–Kier alpha value is -2.00. The van der Waals surface area contributed by atoms with Crippen LogP contribution in [0.25, 0.3) is 0 Å². The largest absolute Gasteiger partial charge is 0.481 e. The molecule has 9 heteroatoms.